The van der Waals surface area contributed by atoms with Gasteiger partial charge in [0.1, 0.15) is 5.82 Å². The normalized spacial score (nSPS) is 18.5. The van der Waals surface area contributed by atoms with Gasteiger partial charge in [-0.2, -0.15) is 0 Å². The van der Waals surface area contributed by atoms with Gasteiger partial charge in [-0.1, -0.05) is 19.1 Å². The number of hydrogen-bond donors (Lipinski definition) is 1. The molecule has 0 aliphatic carbocycles. The number of nitrogens with one attached hydrogen (secondary N) is 1. The molecule has 4 nitrogen and oxygen atoms in total. The highest BCUT2D eigenvalue weighted by Gasteiger charge is 2.23. The molecule has 6 heteroatoms. The number of carbonyl (C=O) groups excluding carboxylic acids is 1. The van der Waals surface area contributed by atoms with Crippen molar-refractivity contribution < 1.29 is 13.9 Å². The molecule has 2 atom stereocenters. The number of amides is 1. The standard InChI is InChI=1S/C18H21FN2O2S/c1-12(9-15-3-2-8-23-15)17(22)21-18-20-11-16(24-18)10-13-4-6-14(19)7-5-13/h4-7,11-12,15H,2-3,8-10H2,1H3,(H,20,21,22). The average molecular weight is 348 g/mol. The maximum atomic E-state index is 12.9. The van der Waals surface area contributed by atoms with E-state index in [0.29, 0.717) is 11.6 Å². The van der Waals surface area contributed by atoms with Gasteiger partial charge in [-0.15, -0.1) is 11.3 Å². The number of halogens is 1. The zero-order valence-electron chi connectivity index (χ0n) is 13.6. The van der Waals surface area contributed by atoms with Gasteiger partial charge in [0, 0.05) is 30.0 Å². The van der Waals surface area contributed by atoms with Gasteiger partial charge in [-0.25, -0.2) is 9.37 Å². The summed E-state index contributed by atoms with van der Waals surface area (Å²) in [5, 5.41) is 3.49. The second kappa shape index (κ2) is 7.85. The lowest BCUT2D eigenvalue weighted by atomic mass is 10.0. The summed E-state index contributed by atoms with van der Waals surface area (Å²) in [6.45, 7) is 2.72. The van der Waals surface area contributed by atoms with Crippen molar-refractivity contribution >= 4 is 22.4 Å². The zero-order chi connectivity index (χ0) is 16.9. The monoisotopic (exact) mass is 348 g/mol. The SMILES string of the molecule is CC(CC1CCCO1)C(=O)Nc1ncc(Cc2ccc(F)cc2)s1. The Balaban J connectivity index is 1.53. The highest BCUT2D eigenvalue weighted by atomic mass is 32.1. The molecular formula is C18H21FN2O2S. The Bertz CT molecular complexity index is 681. The van der Waals surface area contributed by atoms with Crippen LogP contribution < -0.4 is 5.32 Å². The summed E-state index contributed by atoms with van der Waals surface area (Å²) in [5.41, 5.74) is 1.02. The molecule has 0 spiro atoms. The summed E-state index contributed by atoms with van der Waals surface area (Å²) in [6, 6.07) is 6.42. The van der Waals surface area contributed by atoms with Gasteiger partial charge in [-0.3, -0.25) is 4.79 Å². The number of aromatic nitrogens is 1. The molecular weight excluding hydrogens is 327 g/mol. The van der Waals surface area contributed by atoms with Crippen LogP contribution in [0, 0.1) is 11.7 Å². The first-order chi connectivity index (χ1) is 11.6. The summed E-state index contributed by atoms with van der Waals surface area (Å²) in [7, 11) is 0. The Labute approximate surface area is 145 Å². The van der Waals surface area contributed by atoms with Crippen molar-refractivity contribution in [1.82, 2.24) is 4.98 Å². The van der Waals surface area contributed by atoms with Gasteiger partial charge in [0.15, 0.2) is 5.13 Å². The summed E-state index contributed by atoms with van der Waals surface area (Å²) < 4.78 is 18.5. The highest BCUT2D eigenvalue weighted by Crippen LogP contribution is 2.24. The molecule has 2 aromatic rings. The van der Waals surface area contributed by atoms with Gasteiger partial charge < -0.3 is 10.1 Å². The van der Waals surface area contributed by atoms with Crippen molar-refractivity contribution in [3.63, 3.8) is 0 Å². The summed E-state index contributed by atoms with van der Waals surface area (Å²) in [6.07, 6.45) is 5.51. The molecule has 1 fully saturated rings. The minimum atomic E-state index is -0.240. The molecule has 24 heavy (non-hydrogen) atoms. The van der Waals surface area contributed by atoms with Gasteiger partial charge in [0.05, 0.1) is 6.10 Å². The molecule has 0 saturated carbocycles. The minimum absolute atomic E-state index is 0.0202. The predicted molar refractivity (Wildman–Crippen MR) is 92.7 cm³/mol. The van der Waals surface area contributed by atoms with Crippen LogP contribution in [0.25, 0.3) is 0 Å². The number of benzene rings is 1. The van der Waals surface area contributed by atoms with E-state index in [9.17, 15) is 9.18 Å². The van der Waals surface area contributed by atoms with Crippen LogP contribution in [0.1, 0.15) is 36.6 Å². The predicted octanol–water partition coefficient (Wildman–Crippen LogP) is 4.02. The van der Waals surface area contributed by atoms with E-state index in [1.807, 2.05) is 6.92 Å². The van der Waals surface area contributed by atoms with E-state index in [4.69, 9.17) is 4.74 Å². The largest absolute Gasteiger partial charge is 0.378 e. The van der Waals surface area contributed by atoms with Gasteiger partial charge >= 0.3 is 0 Å². The minimum Gasteiger partial charge on any atom is -0.378 e. The highest BCUT2D eigenvalue weighted by molar-refractivity contribution is 7.15. The van der Waals surface area contributed by atoms with Gasteiger partial charge in [-0.05, 0) is 37.0 Å². The van der Waals surface area contributed by atoms with Crippen molar-refractivity contribution in [2.24, 2.45) is 5.92 Å². The Kier molecular flexibility index (Phi) is 5.58. The van der Waals surface area contributed by atoms with Crippen LogP contribution >= 0.6 is 11.3 Å². The fraction of sp³-hybridized carbons (Fsp3) is 0.444. The van der Waals surface area contributed by atoms with Crippen molar-refractivity contribution in [3.8, 4) is 0 Å². The first-order valence-electron chi connectivity index (χ1n) is 8.22. The Morgan fingerprint density at radius 1 is 1.46 bits per heavy atom. The fourth-order valence-corrected chi connectivity index (χ4v) is 3.66. The summed E-state index contributed by atoms with van der Waals surface area (Å²) >= 11 is 1.45. The van der Waals surface area contributed by atoms with Crippen LogP contribution in [0.5, 0.6) is 0 Å². The van der Waals surface area contributed by atoms with Crippen LogP contribution in [-0.4, -0.2) is 23.6 Å². The number of hydrogen-bond acceptors (Lipinski definition) is 4. The molecule has 1 aromatic heterocycles. The molecule has 1 amide bonds. The molecule has 2 heterocycles. The van der Waals surface area contributed by atoms with E-state index in [0.717, 1.165) is 36.3 Å². The van der Waals surface area contributed by atoms with E-state index < -0.39 is 0 Å². The molecule has 1 aliphatic rings. The Morgan fingerprint density at radius 3 is 2.96 bits per heavy atom. The van der Waals surface area contributed by atoms with Crippen molar-refractivity contribution in [2.45, 2.75) is 38.7 Å². The smallest absolute Gasteiger partial charge is 0.229 e. The summed E-state index contributed by atoms with van der Waals surface area (Å²) in [5.74, 6) is -0.359. The van der Waals surface area contributed by atoms with Crippen LogP contribution in [0.2, 0.25) is 0 Å². The van der Waals surface area contributed by atoms with E-state index >= 15 is 0 Å². The summed E-state index contributed by atoms with van der Waals surface area (Å²) in [4.78, 5) is 17.6. The van der Waals surface area contributed by atoms with E-state index in [-0.39, 0.29) is 23.7 Å². The molecule has 3 rings (SSSR count). The average Bonchev–Trinajstić information content (AvgIpc) is 3.22. The lowest BCUT2D eigenvalue weighted by Gasteiger charge is -2.14. The third kappa shape index (κ3) is 4.61. The second-order valence-corrected chi connectivity index (χ2v) is 7.31. The number of carbonyl (C=O) groups is 1. The van der Waals surface area contributed by atoms with Crippen LogP contribution in [0.4, 0.5) is 9.52 Å². The zero-order valence-corrected chi connectivity index (χ0v) is 14.4. The van der Waals surface area contributed by atoms with Crippen molar-refractivity contribution in [3.05, 3.63) is 46.7 Å². The number of anilines is 1. The molecule has 1 saturated heterocycles. The number of ether oxygens (including phenoxy) is 1. The first kappa shape index (κ1) is 17.0. The maximum absolute atomic E-state index is 12.9. The van der Waals surface area contributed by atoms with E-state index in [2.05, 4.69) is 10.3 Å². The lowest BCUT2D eigenvalue weighted by Crippen LogP contribution is -2.24. The number of rotatable bonds is 6. The second-order valence-electron chi connectivity index (χ2n) is 6.20. The molecule has 128 valence electrons. The topological polar surface area (TPSA) is 51.2 Å². The van der Waals surface area contributed by atoms with Gasteiger partial charge in [0.2, 0.25) is 5.91 Å². The first-order valence-corrected chi connectivity index (χ1v) is 9.03. The number of thiazole rings is 1. The van der Waals surface area contributed by atoms with Gasteiger partial charge in [0.25, 0.3) is 0 Å². The van der Waals surface area contributed by atoms with Crippen molar-refractivity contribution in [1.29, 1.82) is 0 Å². The quantitative estimate of drug-likeness (QED) is 0.858. The van der Waals surface area contributed by atoms with Crippen LogP contribution in [0.15, 0.2) is 30.5 Å². The molecule has 1 N–H and O–H groups in total. The van der Waals surface area contributed by atoms with E-state index in [1.165, 1.54) is 23.5 Å². The third-order valence-corrected chi connectivity index (χ3v) is 5.08. The molecule has 1 aliphatic heterocycles. The van der Waals surface area contributed by atoms with Crippen LogP contribution in [0.3, 0.4) is 0 Å². The van der Waals surface area contributed by atoms with Crippen LogP contribution in [-0.2, 0) is 16.0 Å². The Hall–Kier alpha value is -1.79. The Morgan fingerprint density at radius 2 is 2.25 bits per heavy atom. The fourth-order valence-electron chi connectivity index (χ4n) is 2.81. The third-order valence-electron chi connectivity index (χ3n) is 4.16. The van der Waals surface area contributed by atoms with E-state index in [1.54, 1.807) is 18.3 Å². The number of nitrogens with zero attached hydrogens (tertiary/aromatic N) is 1. The molecule has 0 radical (unpaired) electrons. The lowest BCUT2D eigenvalue weighted by molar-refractivity contribution is -0.120. The molecule has 1 aromatic carbocycles. The molecule has 2 unspecified atom stereocenters. The van der Waals surface area contributed by atoms with Crippen molar-refractivity contribution in [2.75, 3.05) is 11.9 Å². The maximum Gasteiger partial charge on any atom is 0.229 e. The molecule has 0 bridgehead atoms.